The SMILES string of the molecule is CC(=O)OP(=O)(O)OC(=O)c1ccccc1C(=O)OP(=O)(O)OC(C)=O. The van der Waals surface area contributed by atoms with Crippen molar-refractivity contribution in [3.05, 3.63) is 35.4 Å². The third-order valence-corrected chi connectivity index (χ3v) is 4.02. The van der Waals surface area contributed by atoms with Crippen LogP contribution in [0.2, 0.25) is 0 Å². The molecule has 0 radical (unpaired) electrons. The Morgan fingerprint density at radius 1 is 0.731 bits per heavy atom. The summed E-state index contributed by atoms with van der Waals surface area (Å²) < 4.78 is 39.0. The largest absolute Gasteiger partial charge is 0.589 e. The lowest BCUT2D eigenvalue weighted by molar-refractivity contribution is -0.134. The van der Waals surface area contributed by atoms with E-state index in [0.29, 0.717) is 0 Å². The van der Waals surface area contributed by atoms with Gasteiger partial charge in [-0.2, -0.15) is 0 Å². The summed E-state index contributed by atoms with van der Waals surface area (Å²) in [4.78, 5) is 63.7. The van der Waals surface area contributed by atoms with Crippen molar-refractivity contribution in [1.82, 2.24) is 0 Å². The van der Waals surface area contributed by atoms with Crippen LogP contribution in [0, 0.1) is 0 Å². The van der Waals surface area contributed by atoms with Gasteiger partial charge in [0, 0.05) is 13.8 Å². The zero-order chi connectivity index (χ0) is 20.1. The second-order valence-electron chi connectivity index (χ2n) is 4.41. The Balaban J connectivity index is 3.07. The smallest absolute Gasteiger partial charge is 0.362 e. The minimum atomic E-state index is -5.10. The summed E-state index contributed by atoms with van der Waals surface area (Å²) in [5, 5.41) is 0. The van der Waals surface area contributed by atoms with Gasteiger partial charge in [-0.25, -0.2) is 18.7 Å². The second-order valence-corrected chi connectivity index (χ2v) is 7.01. The van der Waals surface area contributed by atoms with E-state index >= 15 is 0 Å². The second kappa shape index (κ2) is 8.24. The van der Waals surface area contributed by atoms with Crippen LogP contribution in [0.5, 0.6) is 0 Å². The maximum atomic E-state index is 11.9. The van der Waals surface area contributed by atoms with Gasteiger partial charge in [-0.3, -0.25) is 19.4 Å². The van der Waals surface area contributed by atoms with Crippen molar-refractivity contribution in [3.63, 3.8) is 0 Å². The summed E-state index contributed by atoms with van der Waals surface area (Å²) in [6.07, 6.45) is 0. The molecule has 1 aromatic rings. The number of carbonyl (C=O) groups excluding carboxylic acids is 4. The fourth-order valence-corrected chi connectivity index (χ4v) is 2.85. The highest BCUT2D eigenvalue weighted by molar-refractivity contribution is 7.49. The summed E-state index contributed by atoms with van der Waals surface area (Å²) >= 11 is 0. The van der Waals surface area contributed by atoms with Crippen LogP contribution in [0.25, 0.3) is 0 Å². The van der Waals surface area contributed by atoms with Crippen molar-refractivity contribution in [3.8, 4) is 0 Å². The van der Waals surface area contributed by atoms with Crippen molar-refractivity contribution < 1.29 is 56.2 Å². The maximum Gasteiger partial charge on any atom is 0.589 e. The molecule has 1 aromatic carbocycles. The van der Waals surface area contributed by atoms with Gasteiger partial charge >= 0.3 is 39.5 Å². The molecule has 0 spiro atoms. The molecular weight excluding hydrogens is 398 g/mol. The Kier molecular flexibility index (Phi) is 6.82. The predicted molar refractivity (Wildman–Crippen MR) is 80.5 cm³/mol. The monoisotopic (exact) mass is 410 g/mol. The number of carbonyl (C=O) groups is 4. The van der Waals surface area contributed by atoms with Gasteiger partial charge in [0.05, 0.1) is 11.1 Å². The van der Waals surface area contributed by atoms with E-state index < -0.39 is 50.6 Å². The molecule has 2 N–H and O–H groups in total. The van der Waals surface area contributed by atoms with Crippen LogP contribution in [0.1, 0.15) is 34.6 Å². The number of hydrogen-bond donors (Lipinski definition) is 2. The quantitative estimate of drug-likeness (QED) is 0.643. The molecule has 0 bridgehead atoms. The van der Waals surface area contributed by atoms with E-state index in [9.17, 15) is 38.1 Å². The zero-order valence-corrected chi connectivity index (χ0v) is 15.0. The molecule has 12 nitrogen and oxygen atoms in total. The van der Waals surface area contributed by atoms with Gasteiger partial charge < -0.3 is 18.1 Å². The van der Waals surface area contributed by atoms with Crippen LogP contribution in [-0.2, 0) is 36.8 Å². The third kappa shape index (κ3) is 6.77. The van der Waals surface area contributed by atoms with E-state index in [1.165, 1.54) is 12.1 Å². The highest BCUT2D eigenvalue weighted by Gasteiger charge is 2.34. The first-order valence-corrected chi connectivity index (χ1v) is 9.45. The Bertz CT molecular complexity index is 775. The number of benzene rings is 1. The lowest BCUT2D eigenvalue weighted by atomic mass is 10.1. The van der Waals surface area contributed by atoms with Crippen LogP contribution < -0.4 is 0 Å². The van der Waals surface area contributed by atoms with Crippen LogP contribution in [-0.4, -0.2) is 33.7 Å². The number of phosphoric ester groups is 2. The maximum absolute atomic E-state index is 11.9. The van der Waals surface area contributed by atoms with E-state index in [1.807, 2.05) is 0 Å². The Labute approximate surface area is 145 Å². The predicted octanol–water partition coefficient (Wildman–Crippen LogP) is 1.33. The van der Waals surface area contributed by atoms with Gasteiger partial charge in [-0.1, -0.05) is 12.1 Å². The molecule has 2 atom stereocenters. The van der Waals surface area contributed by atoms with Crippen LogP contribution >= 0.6 is 15.6 Å². The topological polar surface area (TPSA) is 180 Å². The normalized spacial score (nSPS) is 14.9. The molecular formula is C12H12O12P2. The van der Waals surface area contributed by atoms with Crippen molar-refractivity contribution in [1.29, 1.82) is 0 Å². The fourth-order valence-electron chi connectivity index (χ4n) is 1.51. The Morgan fingerprint density at radius 2 is 1.04 bits per heavy atom. The van der Waals surface area contributed by atoms with E-state index in [0.717, 1.165) is 26.0 Å². The standard InChI is InChI=1S/C12H12O12P2/c1-7(13)21-25(17,18)23-11(15)9-5-3-4-6-10(9)12(16)24-26(19,20)22-8(2)14/h3-6H,1-2H3,(H,17,18)(H,19,20). The summed E-state index contributed by atoms with van der Waals surface area (Å²) in [7, 11) is -10.2. The number of phosphoric acid groups is 2. The van der Waals surface area contributed by atoms with E-state index in [2.05, 4.69) is 18.1 Å². The van der Waals surface area contributed by atoms with E-state index in [4.69, 9.17) is 0 Å². The minimum Gasteiger partial charge on any atom is -0.362 e. The fraction of sp³-hybridized carbons (Fsp3) is 0.167. The molecule has 142 valence electrons. The Morgan fingerprint density at radius 3 is 1.31 bits per heavy atom. The summed E-state index contributed by atoms with van der Waals surface area (Å²) in [6.45, 7) is 1.58. The van der Waals surface area contributed by atoms with Crippen LogP contribution in [0.15, 0.2) is 24.3 Å². The molecule has 14 heteroatoms. The average Bonchev–Trinajstić information content (AvgIpc) is 2.43. The highest BCUT2D eigenvalue weighted by atomic mass is 31.2. The highest BCUT2D eigenvalue weighted by Crippen LogP contribution is 2.46. The number of hydrogen-bond acceptors (Lipinski definition) is 10. The van der Waals surface area contributed by atoms with Crippen molar-refractivity contribution in [2.45, 2.75) is 13.8 Å². The van der Waals surface area contributed by atoms with Gasteiger partial charge in [-0.15, -0.1) is 0 Å². The van der Waals surface area contributed by atoms with Gasteiger partial charge in [0.25, 0.3) is 0 Å². The Hall–Kier alpha value is -2.52. The molecule has 0 aliphatic rings. The van der Waals surface area contributed by atoms with Crippen LogP contribution in [0.3, 0.4) is 0 Å². The first-order valence-electron chi connectivity index (χ1n) is 6.46. The summed E-state index contributed by atoms with van der Waals surface area (Å²) in [5.74, 6) is -5.55. The molecule has 0 amide bonds. The summed E-state index contributed by atoms with van der Waals surface area (Å²) in [5.41, 5.74) is -1.30. The molecule has 0 saturated heterocycles. The molecule has 2 unspecified atom stereocenters. The molecule has 0 heterocycles. The van der Waals surface area contributed by atoms with Gasteiger partial charge in [0.15, 0.2) is 0 Å². The molecule has 0 fully saturated rings. The van der Waals surface area contributed by atoms with Crippen LogP contribution in [0.4, 0.5) is 0 Å². The lowest BCUT2D eigenvalue weighted by Gasteiger charge is -2.13. The van der Waals surface area contributed by atoms with E-state index in [1.54, 1.807) is 0 Å². The first-order chi connectivity index (χ1) is 11.8. The summed E-state index contributed by atoms with van der Waals surface area (Å²) in [6, 6.07) is 4.37. The molecule has 26 heavy (non-hydrogen) atoms. The van der Waals surface area contributed by atoms with Gasteiger partial charge in [0.2, 0.25) is 0 Å². The lowest BCUT2D eigenvalue weighted by Crippen LogP contribution is -2.14. The zero-order valence-electron chi connectivity index (χ0n) is 13.2. The first kappa shape index (κ1) is 21.5. The molecule has 0 aliphatic heterocycles. The number of rotatable bonds is 6. The van der Waals surface area contributed by atoms with Gasteiger partial charge in [-0.05, 0) is 12.1 Å². The minimum absolute atomic E-state index is 0.651. The van der Waals surface area contributed by atoms with Gasteiger partial charge in [0.1, 0.15) is 0 Å². The molecule has 0 saturated carbocycles. The molecule has 0 aromatic heterocycles. The van der Waals surface area contributed by atoms with Crippen molar-refractivity contribution >= 4 is 39.5 Å². The molecule has 1 rings (SSSR count). The third-order valence-electron chi connectivity index (χ3n) is 2.25. The van der Waals surface area contributed by atoms with Crippen molar-refractivity contribution in [2.75, 3.05) is 0 Å². The molecule has 0 aliphatic carbocycles. The van der Waals surface area contributed by atoms with Crippen molar-refractivity contribution in [2.24, 2.45) is 0 Å². The average molecular weight is 410 g/mol. The van der Waals surface area contributed by atoms with E-state index in [-0.39, 0.29) is 0 Å².